The molecule has 0 atom stereocenters. The van der Waals surface area contributed by atoms with E-state index < -0.39 is 0 Å². The highest BCUT2D eigenvalue weighted by atomic mass is 35.5. The molecule has 86 valence electrons. The number of hydrogen-bond donors (Lipinski definition) is 1. The van der Waals surface area contributed by atoms with Gasteiger partial charge in [-0.2, -0.15) is 0 Å². The van der Waals surface area contributed by atoms with Crippen LogP contribution in [0, 0.1) is 0 Å². The minimum Gasteiger partial charge on any atom is -0.388 e. The van der Waals surface area contributed by atoms with Gasteiger partial charge in [-0.1, -0.05) is 24.9 Å². The number of aromatic nitrogens is 2. The summed E-state index contributed by atoms with van der Waals surface area (Å²) in [6.07, 6.45) is 2.21. The van der Waals surface area contributed by atoms with Gasteiger partial charge < -0.3 is 9.67 Å². The predicted octanol–water partition coefficient (Wildman–Crippen LogP) is 2.98. The van der Waals surface area contributed by atoms with E-state index in [1.165, 1.54) is 0 Å². The summed E-state index contributed by atoms with van der Waals surface area (Å²) in [5, 5.41) is 9.95. The van der Waals surface area contributed by atoms with E-state index in [-0.39, 0.29) is 6.61 Å². The highest BCUT2D eigenvalue weighted by Gasteiger charge is 2.09. The van der Waals surface area contributed by atoms with Gasteiger partial charge in [0.25, 0.3) is 0 Å². The zero-order chi connectivity index (χ0) is 11.5. The number of hydrogen-bond acceptors (Lipinski definition) is 2. The summed E-state index contributed by atoms with van der Waals surface area (Å²) in [6.45, 7) is 3.01. The largest absolute Gasteiger partial charge is 0.388 e. The number of rotatable bonds is 4. The van der Waals surface area contributed by atoms with E-state index in [1.807, 2.05) is 18.2 Å². The van der Waals surface area contributed by atoms with Gasteiger partial charge in [0.15, 0.2) is 0 Å². The van der Waals surface area contributed by atoms with Crippen LogP contribution in [0.15, 0.2) is 18.2 Å². The molecular formula is C12H15ClN2O. The molecule has 1 aromatic heterocycles. The molecule has 0 bridgehead atoms. The Morgan fingerprint density at radius 2 is 2.25 bits per heavy atom. The Kier molecular flexibility index (Phi) is 3.46. The third-order valence-electron chi connectivity index (χ3n) is 2.67. The summed E-state index contributed by atoms with van der Waals surface area (Å²) in [6, 6.07) is 5.65. The molecule has 0 unspecified atom stereocenters. The van der Waals surface area contributed by atoms with Gasteiger partial charge in [-0.25, -0.2) is 4.98 Å². The molecule has 0 amide bonds. The Morgan fingerprint density at radius 1 is 1.44 bits per heavy atom. The normalized spacial score (nSPS) is 11.2. The molecule has 0 radical (unpaired) electrons. The van der Waals surface area contributed by atoms with E-state index in [4.69, 9.17) is 11.6 Å². The fourth-order valence-corrected chi connectivity index (χ4v) is 2.01. The maximum absolute atomic E-state index is 9.27. The van der Waals surface area contributed by atoms with E-state index in [2.05, 4.69) is 16.5 Å². The van der Waals surface area contributed by atoms with Crippen molar-refractivity contribution in [1.82, 2.24) is 9.55 Å². The first kappa shape index (κ1) is 11.4. The van der Waals surface area contributed by atoms with Gasteiger partial charge in [0.2, 0.25) is 0 Å². The molecule has 0 fully saturated rings. The van der Waals surface area contributed by atoms with Crippen LogP contribution in [0.2, 0.25) is 5.02 Å². The molecule has 0 aliphatic carbocycles. The third kappa shape index (κ3) is 2.06. The quantitative estimate of drug-likeness (QED) is 0.889. The van der Waals surface area contributed by atoms with Crippen LogP contribution < -0.4 is 0 Å². The number of aliphatic hydroxyl groups is 1. The standard InChI is InChI=1S/C12H15ClN2O/c1-2-3-6-15-11-5-4-9(13)7-10(11)14-12(15)8-16/h4-5,7,16H,2-3,6,8H2,1H3. The SMILES string of the molecule is CCCCn1c(CO)nc2cc(Cl)ccc21. The first-order valence-corrected chi connectivity index (χ1v) is 5.89. The van der Waals surface area contributed by atoms with Crippen molar-refractivity contribution in [2.45, 2.75) is 32.9 Å². The van der Waals surface area contributed by atoms with Gasteiger partial charge in [-0.3, -0.25) is 0 Å². The molecule has 3 nitrogen and oxygen atoms in total. The Morgan fingerprint density at radius 3 is 2.94 bits per heavy atom. The van der Waals surface area contributed by atoms with Crippen molar-refractivity contribution in [2.75, 3.05) is 0 Å². The van der Waals surface area contributed by atoms with Gasteiger partial charge >= 0.3 is 0 Å². The van der Waals surface area contributed by atoms with E-state index in [0.717, 1.165) is 30.4 Å². The minimum absolute atomic E-state index is 0.0317. The number of nitrogens with zero attached hydrogens (tertiary/aromatic N) is 2. The maximum atomic E-state index is 9.27. The summed E-state index contributed by atoms with van der Waals surface area (Å²) in [4.78, 5) is 4.37. The van der Waals surface area contributed by atoms with Crippen molar-refractivity contribution >= 4 is 22.6 Å². The first-order valence-electron chi connectivity index (χ1n) is 5.51. The summed E-state index contributed by atoms with van der Waals surface area (Å²) < 4.78 is 2.06. The zero-order valence-electron chi connectivity index (χ0n) is 9.28. The molecule has 0 saturated carbocycles. The molecule has 0 saturated heterocycles. The van der Waals surface area contributed by atoms with Gasteiger partial charge in [0, 0.05) is 11.6 Å². The summed E-state index contributed by atoms with van der Waals surface area (Å²) >= 11 is 5.92. The highest BCUT2D eigenvalue weighted by molar-refractivity contribution is 6.31. The van der Waals surface area contributed by atoms with E-state index in [1.54, 1.807) is 0 Å². The molecule has 0 spiro atoms. The fourth-order valence-electron chi connectivity index (χ4n) is 1.84. The average molecular weight is 239 g/mol. The highest BCUT2D eigenvalue weighted by Crippen LogP contribution is 2.21. The van der Waals surface area contributed by atoms with Crippen molar-refractivity contribution < 1.29 is 5.11 Å². The molecular weight excluding hydrogens is 224 g/mol. The molecule has 0 aliphatic rings. The van der Waals surface area contributed by atoms with Gasteiger partial charge in [-0.15, -0.1) is 0 Å². The van der Waals surface area contributed by atoms with Crippen molar-refractivity contribution in [3.8, 4) is 0 Å². The Labute approximate surface area is 99.7 Å². The van der Waals surface area contributed by atoms with E-state index >= 15 is 0 Å². The topological polar surface area (TPSA) is 38.0 Å². The van der Waals surface area contributed by atoms with E-state index in [0.29, 0.717) is 10.8 Å². The lowest BCUT2D eigenvalue weighted by Crippen LogP contribution is -2.03. The average Bonchev–Trinajstić information content (AvgIpc) is 2.63. The lowest BCUT2D eigenvalue weighted by Gasteiger charge is -2.06. The van der Waals surface area contributed by atoms with Crippen molar-refractivity contribution in [2.24, 2.45) is 0 Å². The molecule has 4 heteroatoms. The molecule has 2 rings (SSSR count). The van der Waals surface area contributed by atoms with Gasteiger partial charge in [0.1, 0.15) is 12.4 Å². The van der Waals surface area contributed by atoms with Crippen LogP contribution >= 0.6 is 11.6 Å². The second-order valence-corrected chi connectivity index (χ2v) is 4.26. The monoisotopic (exact) mass is 238 g/mol. The first-order chi connectivity index (χ1) is 7.76. The number of imidazole rings is 1. The smallest absolute Gasteiger partial charge is 0.135 e. The van der Waals surface area contributed by atoms with Gasteiger partial charge in [-0.05, 0) is 24.6 Å². The number of fused-ring (bicyclic) bond motifs is 1. The predicted molar refractivity (Wildman–Crippen MR) is 65.6 cm³/mol. The number of benzene rings is 1. The summed E-state index contributed by atoms with van der Waals surface area (Å²) in [5.74, 6) is 0.714. The lowest BCUT2D eigenvalue weighted by atomic mass is 10.3. The molecule has 16 heavy (non-hydrogen) atoms. The van der Waals surface area contributed by atoms with Crippen molar-refractivity contribution in [3.05, 3.63) is 29.0 Å². The van der Waals surface area contributed by atoms with Crippen LogP contribution in [-0.4, -0.2) is 14.7 Å². The lowest BCUT2D eigenvalue weighted by molar-refractivity contribution is 0.265. The van der Waals surface area contributed by atoms with E-state index in [9.17, 15) is 5.11 Å². The van der Waals surface area contributed by atoms with Crippen LogP contribution in [0.25, 0.3) is 11.0 Å². The Hall–Kier alpha value is -1.06. The van der Waals surface area contributed by atoms with Crippen LogP contribution in [0.1, 0.15) is 25.6 Å². The molecule has 1 N–H and O–H groups in total. The molecule has 1 heterocycles. The van der Waals surface area contributed by atoms with Gasteiger partial charge in [0.05, 0.1) is 11.0 Å². The maximum Gasteiger partial charge on any atom is 0.135 e. The van der Waals surface area contributed by atoms with Crippen molar-refractivity contribution in [3.63, 3.8) is 0 Å². The van der Waals surface area contributed by atoms with Crippen LogP contribution in [0.5, 0.6) is 0 Å². The summed E-state index contributed by atoms with van der Waals surface area (Å²) in [5.41, 5.74) is 1.90. The van der Waals surface area contributed by atoms with Crippen molar-refractivity contribution in [1.29, 1.82) is 0 Å². The number of unbranched alkanes of at least 4 members (excludes halogenated alkanes) is 1. The fraction of sp³-hybridized carbons (Fsp3) is 0.417. The number of halogens is 1. The Balaban J connectivity index is 2.50. The Bertz CT molecular complexity index is 493. The van der Waals surface area contributed by atoms with Crippen LogP contribution in [0.3, 0.4) is 0 Å². The molecule has 0 aliphatic heterocycles. The van der Waals surface area contributed by atoms with Crippen LogP contribution in [0.4, 0.5) is 0 Å². The van der Waals surface area contributed by atoms with Crippen LogP contribution in [-0.2, 0) is 13.2 Å². The second kappa shape index (κ2) is 4.85. The molecule has 2 aromatic rings. The number of aliphatic hydroxyl groups excluding tert-OH is 1. The second-order valence-electron chi connectivity index (χ2n) is 3.82. The third-order valence-corrected chi connectivity index (χ3v) is 2.90. The molecule has 1 aromatic carbocycles. The number of aryl methyl sites for hydroxylation is 1. The summed E-state index contributed by atoms with van der Waals surface area (Å²) in [7, 11) is 0. The zero-order valence-corrected chi connectivity index (χ0v) is 10.0. The minimum atomic E-state index is -0.0317.